The lowest BCUT2D eigenvalue weighted by Gasteiger charge is -2.43. The van der Waals surface area contributed by atoms with Gasteiger partial charge in [-0.05, 0) is 177 Å². The minimum Gasteiger partial charge on any atom is -0.355 e. The predicted octanol–water partition coefficient (Wildman–Crippen LogP) is 17.1. The third-order valence-corrected chi connectivity index (χ3v) is 16.5. The van der Waals surface area contributed by atoms with Crippen LogP contribution < -0.4 is 10.2 Å². The van der Waals surface area contributed by atoms with E-state index in [-0.39, 0.29) is 32.5 Å². The highest BCUT2D eigenvalue weighted by atomic mass is 32.1. The maximum Gasteiger partial charge on any atom is 0.0647 e. The summed E-state index contributed by atoms with van der Waals surface area (Å²) >= 11 is 1.90. The van der Waals surface area contributed by atoms with Crippen molar-refractivity contribution in [1.29, 1.82) is 0 Å². The highest BCUT2D eigenvalue weighted by molar-refractivity contribution is 7.17. The fraction of sp³-hybridized carbons (Fsp3) is 0.439. The molecule has 0 aliphatic heterocycles. The Morgan fingerprint density at radius 3 is 1.60 bits per heavy atom. The molecule has 0 saturated heterocycles. The van der Waals surface area contributed by atoms with Crippen LogP contribution in [0.4, 0.5) is 28.4 Å². The van der Waals surface area contributed by atoms with Crippen molar-refractivity contribution in [3.8, 4) is 11.1 Å². The van der Waals surface area contributed by atoms with Gasteiger partial charge in [0.05, 0.1) is 5.69 Å². The van der Waals surface area contributed by atoms with E-state index in [1.165, 1.54) is 121 Å². The van der Waals surface area contributed by atoms with Crippen LogP contribution in [0.3, 0.4) is 0 Å². The monoisotopic (exact) mass is 813 g/mol. The molecule has 1 heterocycles. The molecular formula is C57H68N2S. The molecule has 0 fully saturated rings. The van der Waals surface area contributed by atoms with Gasteiger partial charge in [-0.3, -0.25) is 0 Å². The number of fused-ring (bicyclic) bond motifs is 4. The van der Waals surface area contributed by atoms with Crippen molar-refractivity contribution in [3.05, 3.63) is 135 Å². The standard InChI is InChI=1S/C57H68N2S/c1-36-27-38(58-49-33-47-45(54(6,7)23-25-56(47,10)11)31-41(49)37-17-15-14-16-18-37)29-40(28-36)59(39-19-20-43-44(30-39)53(4,5)22-21-52(43,2)3)50-35-60-51-34-48-46(32-42(50)51)55(8,9)24-26-57(48,12)13/h14-20,27-35,58H,21-26H2,1-13H3. The van der Waals surface area contributed by atoms with E-state index in [2.05, 4.69) is 197 Å². The Bertz CT molecular complexity index is 2650. The summed E-state index contributed by atoms with van der Waals surface area (Å²) in [5, 5.41) is 7.85. The third kappa shape index (κ3) is 6.92. The van der Waals surface area contributed by atoms with E-state index < -0.39 is 0 Å². The van der Waals surface area contributed by atoms with Crippen LogP contribution in [-0.4, -0.2) is 0 Å². The molecule has 9 rings (SSSR count). The number of anilines is 5. The first-order valence-electron chi connectivity index (χ1n) is 22.7. The zero-order chi connectivity index (χ0) is 42.8. The van der Waals surface area contributed by atoms with Crippen LogP contribution in [0.25, 0.3) is 21.2 Å². The van der Waals surface area contributed by atoms with E-state index in [1.807, 2.05) is 11.3 Å². The predicted molar refractivity (Wildman–Crippen MR) is 262 cm³/mol. The molecule has 3 heteroatoms. The Balaban J connectivity index is 1.25. The second-order valence-corrected chi connectivity index (χ2v) is 23.8. The second-order valence-electron chi connectivity index (χ2n) is 22.9. The molecule has 0 unspecified atom stereocenters. The summed E-state index contributed by atoms with van der Waals surface area (Å²) in [5.74, 6) is 0. The normalized spacial score (nSPS) is 20.1. The molecule has 3 aliphatic carbocycles. The van der Waals surface area contributed by atoms with E-state index in [0.717, 1.165) is 5.69 Å². The number of rotatable bonds is 6. The van der Waals surface area contributed by atoms with Crippen LogP contribution in [0.2, 0.25) is 0 Å². The molecule has 0 spiro atoms. The van der Waals surface area contributed by atoms with Gasteiger partial charge in [-0.25, -0.2) is 0 Å². The summed E-state index contributed by atoms with van der Waals surface area (Å²) in [6.45, 7) is 31.5. The van der Waals surface area contributed by atoms with Gasteiger partial charge >= 0.3 is 0 Å². The molecule has 0 radical (unpaired) electrons. The first-order valence-corrected chi connectivity index (χ1v) is 23.6. The zero-order valence-electron chi connectivity index (χ0n) is 38.8. The first kappa shape index (κ1) is 41.0. The molecule has 3 aliphatic rings. The van der Waals surface area contributed by atoms with Crippen molar-refractivity contribution in [2.75, 3.05) is 10.2 Å². The van der Waals surface area contributed by atoms with Crippen LogP contribution >= 0.6 is 11.3 Å². The van der Waals surface area contributed by atoms with E-state index in [1.54, 1.807) is 0 Å². The fourth-order valence-corrected chi connectivity index (χ4v) is 12.0. The quantitative estimate of drug-likeness (QED) is 0.180. The molecule has 0 amide bonds. The van der Waals surface area contributed by atoms with E-state index in [4.69, 9.17) is 0 Å². The van der Waals surface area contributed by atoms with Crippen molar-refractivity contribution >= 4 is 49.9 Å². The topological polar surface area (TPSA) is 15.3 Å². The van der Waals surface area contributed by atoms with Crippen LogP contribution in [-0.2, 0) is 32.5 Å². The van der Waals surface area contributed by atoms with Gasteiger partial charge in [0.2, 0.25) is 0 Å². The van der Waals surface area contributed by atoms with Crippen LogP contribution in [0.15, 0.2) is 96.4 Å². The number of benzene rings is 5. The zero-order valence-corrected chi connectivity index (χ0v) is 39.7. The largest absolute Gasteiger partial charge is 0.355 e. The van der Waals surface area contributed by atoms with Crippen LogP contribution in [0.5, 0.6) is 0 Å². The molecule has 0 bridgehead atoms. The van der Waals surface area contributed by atoms with Gasteiger partial charge in [0.25, 0.3) is 0 Å². The lowest BCUT2D eigenvalue weighted by Crippen LogP contribution is -2.34. The maximum absolute atomic E-state index is 4.07. The molecule has 60 heavy (non-hydrogen) atoms. The molecule has 0 atom stereocenters. The Morgan fingerprint density at radius 2 is 1.00 bits per heavy atom. The summed E-state index contributed by atoms with van der Waals surface area (Å²) in [5.41, 5.74) is 19.4. The summed E-state index contributed by atoms with van der Waals surface area (Å²) in [6, 6.07) is 35.6. The van der Waals surface area contributed by atoms with Crippen molar-refractivity contribution in [2.24, 2.45) is 0 Å². The maximum atomic E-state index is 4.07. The van der Waals surface area contributed by atoms with Crippen molar-refractivity contribution in [1.82, 2.24) is 0 Å². The Labute approximate surface area is 365 Å². The summed E-state index contributed by atoms with van der Waals surface area (Å²) in [7, 11) is 0. The van der Waals surface area contributed by atoms with Crippen molar-refractivity contribution in [2.45, 2.75) is 161 Å². The highest BCUT2D eigenvalue weighted by Crippen LogP contribution is 2.54. The Kier molecular flexibility index (Phi) is 9.46. The summed E-state index contributed by atoms with van der Waals surface area (Å²) in [6.07, 6.45) is 7.19. The Hall–Kier alpha value is -4.34. The molecule has 1 aromatic heterocycles. The number of aryl methyl sites for hydroxylation is 1. The van der Waals surface area contributed by atoms with E-state index in [9.17, 15) is 0 Å². The van der Waals surface area contributed by atoms with Gasteiger partial charge in [-0.1, -0.05) is 119 Å². The van der Waals surface area contributed by atoms with Crippen molar-refractivity contribution in [3.63, 3.8) is 0 Å². The van der Waals surface area contributed by atoms with Gasteiger partial charge in [0.15, 0.2) is 0 Å². The Morgan fingerprint density at radius 1 is 0.483 bits per heavy atom. The molecule has 2 nitrogen and oxygen atoms in total. The number of hydrogen-bond acceptors (Lipinski definition) is 3. The summed E-state index contributed by atoms with van der Waals surface area (Å²) in [4.78, 5) is 2.58. The SMILES string of the molecule is Cc1cc(Nc2cc3c(cc2-c2ccccc2)C(C)(C)CCC3(C)C)cc(N(c2ccc3c(c2)C(C)(C)CCC3(C)C)c2csc3cc4c(cc23)C(C)(C)CCC4(C)C)c1. The molecule has 5 aromatic carbocycles. The minimum absolute atomic E-state index is 0.0971. The molecule has 6 aromatic rings. The van der Waals surface area contributed by atoms with Crippen LogP contribution in [0, 0.1) is 6.92 Å². The highest BCUT2D eigenvalue weighted by Gasteiger charge is 2.41. The molecular weight excluding hydrogens is 745 g/mol. The van der Waals surface area contributed by atoms with Crippen molar-refractivity contribution < 1.29 is 0 Å². The minimum atomic E-state index is 0.0971. The number of hydrogen-bond donors (Lipinski definition) is 1. The van der Waals surface area contributed by atoms with Gasteiger partial charge < -0.3 is 10.2 Å². The second kappa shape index (κ2) is 13.8. The van der Waals surface area contributed by atoms with Gasteiger partial charge in [-0.15, -0.1) is 11.3 Å². The van der Waals surface area contributed by atoms with E-state index >= 15 is 0 Å². The average Bonchev–Trinajstić information content (AvgIpc) is 3.59. The fourth-order valence-electron chi connectivity index (χ4n) is 11.1. The lowest BCUT2D eigenvalue weighted by atomic mass is 9.62. The van der Waals surface area contributed by atoms with Gasteiger partial charge in [0.1, 0.15) is 0 Å². The molecule has 1 N–H and O–H groups in total. The first-order chi connectivity index (χ1) is 28.1. The number of nitrogens with zero attached hydrogens (tertiary/aromatic N) is 1. The number of nitrogens with one attached hydrogen (secondary N) is 1. The van der Waals surface area contributed by atoms with E-state index in [0.29, 0.717) is 0 Å². The van der Waals surface area contributed by atoms with Crippen LogP contribution in [0.1, 0.15) is 161 Å². The molecule has 312 valence electrons. The number of thiophene rings is 1. The molecule has 0 saturated carbocycles. The van der Waals surface area contributed by atoms with Gasteiger partial charge in [0, 0.05) is 43.8 Å². The average molecular weight is 813 g/mol. The smallest absolute Gasteiger partial charge is 0.0647 e. The third-order valence-electron chi connectivity index (χ3n) is 15.5. The lowest BCUT2D eigenvalue weighted by molar-refractivity contribution is 0.332. The van der Waals surface area contributed by atoms with Gasteiger partial charge in [-0.2, -0.15) is 0 Å². The summed E-state index contributed by atoms with van der Waals surface area (Å²) < 4.78 is 1.37.